The first kappa shape index (κ1) is 13.4. The third-order valence-electron chi connectivity index (χ3n) is 3.10. The quantitative estimate of drug-likeness (QED) is 0.786. The molecule has 1 N–H and O–H groups in total. The summed E-state index contributed by atoms with van der Waals surface area (Å²) in [5.41, 5.74) is 0.799. The number of nitrogens with one attached hydrogen (secondary N) is 1. The van der Waals surface area contributed by atoms with Gasteiger partial charge in [-0.1, -0.05) is 12.1 Å². The van der Waals surface area contributed by atoms with E-state index in [0.717, 1.165) is 12.1 Å². The van der Waals surface area contributed by atoms with Gasteiger partial charge in [0.2, 0.25) is 0 Å². The van der Waals surface area contributed by atoms with Gasteiger partial charge in [0.1, 0.15) is 5.82 Å². The number of fused-ring (bicyclic) bond motifs is 1. The first-order valence-electron chi connectivity index (χ1n) is 6.19. The molecule has 0 bridgehead atoms. The topological polar surface area (TPSA) is 42.2 Å². The van der Waals surface area contributed by atoms with E-state index in [1.165, 1.54) is 16.8 Å². The van der Waals surface area contributed by atoms with E-state index in [1.807, 2.05) is 0 Å². The van der Waals surface area contributed by atoms with Crippen LogP contribution in [0.2, 0.25) is 0 Å². The van der Waals surface area contributed by atoms with Crippen LogP contribution < -0.4 is 5.32 Å². The number of halogens is 3. The largest absolute Gasteiger partial charge is 0.416 e. The van der Waals surface area contributed by atoms with Crippen molar-refractivity contribution in [2.24, 2.45) is 0 Å². The zero-order valence-electron chi connectivity index (χ0n) is 11.0. The SMILES string of the molecule is CNc1ccc2ncc(-c3cccc(C(F)(F)F)c3)n2n1. The zero-order valence-corrected chi connectivity index (χ0v) is 11.0. The lowest BCUT2D eigenvalue weighted by Gasteiger charge is -2.08. The first-order chi connectivity index (χ1) is 9.99. The number of hydrogen-bond donors (Lipinski definition) is 1. The fraction of sp³-hybridized carbons (Fsp3) is 0.143. The second kappa shape index (κ2) is 4.76. The molecule has 0 amide bonds. The summed E-state index contributed by atoms with van der Waals surface area (Å²) in [6.45, 7) is 0. The van der Waals surface area contributed by atoms with E-state index in [9.17, 15) is 13.2 Å². The summed E-state index contributed by atoms with van der Waals surface area (Å²) < 4.78 is 39.9. The van der Waals surface area contributed by atoms with Gasteiger partial charge in [0.05, 0.1) is 17.5 Å². The van der Waals surface area contributed by atoms with Crippen LogP contribution in [-0.2, 0) is 6.18 Å². The van der Waals surface area contributed by atoms with Crippen LogP contribution in [0, 0.1) is 0 Å². The number of hydrogen-bond acceptors (Lipinski definition) is 3. The maximum absolute atomic E-state index is 12.8. The average molecular weight is 292 g/mol. The average Bonchev–Trinajstić information content (AvgIpc) is 2.89. The monoisotopic (exact) mass is 292 g/mol. The van der Waals surface area contributed by atoms with Gasteiger partial charge in [0.25, 0.3) is 0 Å². The molecule has 0 aliphatic heterocycles. The van der Waals surface area contributed by atoms with Crippen LogP contribution in [-0.4, -0.2) is 21.6 Å². The first-order valence-corrected chi connectivity index (χ1v) is 6.19. The van der Waals surface area contributed by atoms with E-state index in [2.05, 4.69) is 15.4 Å². The maximum atomic E-state index is 12.8. The van der Waals surface area contributed by atoms with Crippen LogP contribution in [0.25, 0.3) is 16.9 Å². The van der Waals surface area contributed by atoms with E-state index >= 15 is 0 Å². The van der Waals surface area contributed by atoms with Gasteiger partial charge in [-0.05, 0) is 24.3 Å². The van der Waals surface area contributed by atoms with Crippen LogP contribution in [0.15, 0.2) is 42.6 Å². The third kappa shape index (κ3) is 2.42. The molecule has 1 aromatic carbocycles. The molecule has 3 rings (SSSR count). The Kier molecular flexibility index (Phi) is 3.04. The van der Waals surface area contributed by atoms with Crippen LogP contribution in [0.3, 0.4) is 0 Å². The number of imidazole rings is 1. The molecule has 0 aliphatic rings. The van der Waals surface area contributed by atoms with Gasteiger partial charge in [-0.2, -0.15) is 13.2 Å². The standard InChI is InChI=1S/C14H11F3N4/c1-18-12-5-6-13-19-8-11(21(13)20-12)9-3-2-4-10(7-9)14(15,16)17/h2-8H,1H3,(H,18,20). The van der Waals surface area contributed by atoms with Crippen molar-refractivity contribution in [3.8, 4) is 11.3 Å². The summed E-state index contributed by atoms with van der Waals surface area (Å²) in [6.07, 6.45) is -2.86. The maximum Gasteiger partial charge on any atom is 0.416 e. The van der Waals surface area contributed by atoms with Gasteiger partial charge in [-0.15, -0.1) is 5.10 Å². The molecule has 0 saturated heterocycles. The molecular formula is C14H11F3N4. The van der Waals surface area contributed by atoms with E-state index in [0.29, 0.717) is 22.7 Å². The fourth-order valence-electron chi connectivity index (χ4n) is 2.06. The molecule has 0 atom stereocenters. The lowest BCUT2D eigenvalue weighted by atomic mass is 10.1. The molecular weight excluding hydrogens is 281 g/mol. The molecule has 0 aliphatic carbocycles. The van der Waals surface area contributed by atoms with Crippen molar-refractivity contribution in [1.29, 1.82) is 0 Å². The van der Waals surface area contributed by atoms with Crippen LogP contribution in [0.5, 0.6) is 0 Å². The molecule has 0 fully saturated rings. The van der Waals surface area contributed by atoms with Gasteiger partial charge in [-0.3, -0.25) is 0 Å². The minimum atomic E-state index is -4.37. The van der Waals surface area contributed by atoms with Crippen molar-refractivity contribution >= 4 is 11.5 Å². The lowest BCUT2D eigenvalue weighted by molar-refractivity contribution is -0.137. The summed E-state index contributed by atoms with van der Waals surface area (Å²) in [7, 11) is 1.72. The van der Waals surface area contributed by atoms with Crippen molar-refractivity contribution in [3.05, 3.63) is 48.2 Å². The Morgan fingerprint density at radius 3 is 2.67 bits per heavy atom. The van der Waals surface area contributed by atoms with Gasteiger partial charge >= 0.3 is 6.18 Å². The fourth-order valence-corrected chi connectivity index (χ4v) is 2.06. The highest BCUT2D eigenvalue weighted by Gasteiger charge is 2.30. The van der Waals surface area contributed by atoms with E-state index in [1.54, 1.807) is 25.2 Å². The minimum absolute atomic E-state index is 0.415. The Labute approximate surface area is 118 Å². The smallest absolute Gasteiger partial charge is 0.372 e. The van der Waals surface area contributed by atoms with Crippen LogP contribution in [0.4, 0.5) is 19.0 Å². The van der Waals surface area contributed by atoms with Gasteiger partial charge in [-0.25, -0.2) is 9.50 Å². The Balaban J connectivity index is 2.16. The normalized spacial score (nSPS) is 11.8. The molecule has 0 unspecified atom stereocenters. The van der Waals surface area contributed by atoms with Crippen molar-refractivity contribution < 1.29 is 13.2 Å². The Hall–Kier alpha value is -2.57. The molecule has 4 nitrogen and oxygen atoms in total. The van der Waals surface area contributed by atoms with Crippen molar-refractivity contribution in [2.45, 2.75) is 6.18 Å². The molecule has 3 aromatic rings. The Morgan fingerprint density at radius 1 is 1.14 bits per heavy atom. The second-order valence-electron chi connectivity index (χ2n) is 4.46. The molecule has 21 heavy (non-hydrogen) atoms. The number of alkyl halides is 3. The summed E-state index contributed by atoms with van der Waals surface area (Å²) in [6, 6.07) is 8.61. The van der Waals surface area contributed by atoms with Crippen LogP contribution in [0.1, 0.15) is 5.56 Å². The van der Waals surface area contributed by atoms with Gasteiger partial charge in [0.15, 0.2) is 5.65 Å². The molecule has 0 radical (unpaired) electrons. The van der Waals surface area contributed by atoms with Crippen molar-refractivity contribution in [3.63, 3.8) is 0 Å². The molecule has 2 aromatic heterocycles. The predicted octanol–water partition coefficient (Wildman–Crippen LogP) is 3.46. The number of nitrogens with zero attached hydrogens (tertiary/aromatic N) is 3. The summed E-state index contributed by atoms with van der Waals surface area (Å²) in [5, 5.41) is 7.17. The Bertz CT molecular complexity index is 792. The highest BCUT2D eigenvalue weighted by Crippen LogP contribution is 2.32. The molecule has 0 saturated carbocycles. The Morgan fingerprint density at radius 2 is 1.95 bits per heavy atom. The van der Waals surface area contributed by atoms with Crippen molar-refractivity contribution in [2.75, 3.05) is 12.4 Å². The predicted molar refractivity (Wildman–Crippen MR) is 73.0 cm³/mol. The molecule has 108 valence electrons. The number of anilines is 1. The number of aromatic nitrogens is 3. The zero-order chi connectivity index (χ0) is 15.0. The van der Waals surface area contributed by atoms with Gasteiger partial charge in [0, 0.05) is 12.6 Å². The summed E-state index contributed by atoms with van der Waals surface area (Å²) >= 11 is 0. The highest BCUT2D eigenvalue weighted by molar-refractivity contribution is 5.64. The van der Waals surface area contributed by atoms with Crippen LogP contribution >= 0.6 is 0 Å². The summed E-state index contributed by atoms with van der Waals surface area (Å²) in [4.78, 5) is 4.15. The van der Waals surface area contributed by atoms with Crippen molar-refractivity contribution in [1.82, 2.24) is 14.6 Å². The molecule has 2 heterocycles. The van der Waals surface area contributed by atoms with E-state index in [4.69, 9.17) is 0 Å². The van der Waals surface area contributed by atoms with Gasteiger partial charge < -0.3 is 5.32 Å². The third-order valence-corrected chi connectivity index (χ3v) is 3.10. The molecule has 7 heteroatoms. The minimum Gasteiger partial charge on any atom is -0.372 e. The number of rotatable bonds is 2. The molecule has 0 spiro atoms. The summed E-state index contributed by atoms with van der Waals surface area (Å²) in [5.74, 6) is 0.605. The van der Waals surface area contributed by atoms with E-state index < -0.39 is 11.7 Å². The second-order valence-corrected chi connectivity index (χ2v) is 4.46. The lowest BCUT2D eigenvalue weighted by Crippen LogP contribution is -2.05. The highest BCUT2D eigenvalue weighted by atomic mass is 19.4. The van der Waals surface area contributed by atoms with E-state index in [-0.39, 0.29) is 0 Å². The number of benzene rings is 1.